The van der Waals surface area contributed by atoms with E-state index in [0.717, 1.165) is 29.7 Å². The smallest absolute Gasteiger partial charge is 0.220 e. The van der Waals surface area contributed by atoms with Gasteiger partial charge in [-0.1, -0.05) is 22.0 Å². The van der Waals surface area contributed by atoms with E-state index in [2.05, 4.69) is 26.6 Å². The average molecular weight is 378 g/mol. The maximum atomic E-state index is 11.7. The molecule has 4 nitrogen and oxygen atoms in total. The number of carbonyl (C=O) groups excluding carboxylic acids is 1. The van der Waals surface area contributed by atoms with Crippen LogP contribution in [0.25, 0.3) is 0 Å². The first-order chi connectivity index (χ1) is 9.74. The molecule has 1 heterocycles. The highest BCUT2D eigenvalue weighted by Crippen LogP contribution is 2.17. The summed E-state index contributed by atoms with van der Waals surface area (Å²) in [4.78, 5) is 11.7. The number of hydrogen-bond donors (Lipinski definition) is 2. The van der Waals surface area contributed by atoms with Gasteiger partial charge in [0.1, 0.15) is 12.4 Å². The van der Waals surface area contributed by atoms with Crippen molar-refractivity contribution in [3.63, 3.8) is 0 Å². The van der Waals surface area contributed by atoms with Crippen molar-refractivity contribution in [3.05, 3.63) is 28.7 Å². The Kier molecular flexibility index (Phi) is 8.73. The van der Waals surface area contributed by atoms with Crippen LogP contribution >= 0.6 is 28.3 Å². The molecule has 0 aromatic heterocycles. The molecule has 2 rings (SSSR count). The molecule has 1 aliphatic rings. The quantitative estimate of drug-likeness (QED) is 0.718. The number of hydrogen-bond acceptors (Lipinski definition) is 3. The fourth-order valence-corrected chi connectivity index (χ4v) is 2.68. The molecule has 0 bridgehead atoms. The topological polar surface area (TPSA) is 50.4 Å². The van der Waals surface area contributed by atoms with E-state index >= 15 is 0 Å². The van der Waals surface area contributed by atoms with Gasteiger partial charge in [0, 0.05) is 10.9 Å². The maximum absolute atomic E-state index is 11.7. The van der Waals surface area contributed by atoms with Crippen molar-refractivity contribution in [2.24, 2.45) is 5.92 Å². The highest BCUT2D eigenvalue weighted by atomic mass is 79.9. The standard InChI is InChI=1S/C15H21BrN2O2.ClH/c16-13-2-1-3-14(10-13)20-9-8-18-15(19)5-4-12-6-7-17-11-12;/h1-3,10,12,17H,4-9,11H2,(H,18,19);1H. The van der Waals surface area contributed by atoms with Crippen LogP contribution in [0, 0.1) is 5.92 Å². The van der Waals surface area contributed by atoms with Crippen LogP contribution in [0.5, 0.6) is 5.75 Å². The van der Waals surface area contributed by atoms with Gasteiger partial charge in [0.25, 0.3) is 0 Å². The molecule has 1 amide bonds. The molecule has 0 spiro atoms. The third kappa shape index (κ3) is 7.16. The molecule has 1 aliphatic heterocycles. The van der Waals surface area contributed by atoms with E-state index in [1.54, 1.807) is 0 Å². The fourth-order valence-electron chi connectivity index (χ4n) is 2.30. The molecule has 0 radical (unpaired) electrons. The Bertz CT molecular complexity index is 439. The Morgan fingerprint density at radius 2 is 2.33 bits per heavy atom. The molecule has 118 valence electrons. The third-order valence-corrected chi connectivity index (χ3v) is 3.92. The first-order valence-corrected chi connectivity index (χ1v) is 7.89. The van der Waals surface area contributed by atoms with Gasteiger partial charge in [0.15, 0.2) is 0 Å². The summed E-state index contributed by atoms with van der Waals surface area (Å²) >= 11 is 3.39. The summed E-state index contributed by atoms with van der Waals surface area (Å²) in [6.45, 7) is 3.19. The van der Waals surface area contributed by atoms with Crippen molar-refractivity contribution in [3.8, 4) is 5.75 Å². The summed E-state index contributed by atoms with van der Waals surface area (Å²) in [5.41, 5.74) is 0. The minimum atomic E-state index is 0. The molecule has 21 heavy (non-hydrogen) atoms. The minimum Gasteiger partial charge on any atom is -0.492 e. The summed E-state index contributed by atoms with van der Waals surface area (Å²) in [5, 5.41) is 6.21. The molecular formula is C15H22BrClN2O2. The summed E-state index contributed by atoms with van der Waals surface area (Å²) in [5.74, 6) is 1.60. The zero-order chi connectivity index (χ0) is 14.2. The average Bonchev–Trinajstić information content (AvgIpc) is 2.95. The van der Waals surface area contributed by atoms with E-state index in [4.69, 9.17) is 4.74 Å². The molecule has 1 atom stereocenters. The van der Waals surface area contributed by atoms with Gasteiger partial charge in [-0.3, -0.25) is 4.79 Å². The monoisotopic (exact) mass is 376 g/mol. The van der Waals surface area contributed by atoms with Gasteiger partial charge in [-0.15, -0.1) is 12.4 Å². The van der Waals surface area contributed by atoms with Crippen LogP contribution in [0.2, 0.25) is 0 Å². The molecule has 2 N–H and O–H groups in total. The number of halogens is 2. The van der Waals surface area contributed by atoms with Crippen LogP contribution in [-0.2, 0) is 4.79 Å². The van der Waals surface area contributed by atoms with Crippen molar-refractivity contribution in [2.45, 2.75) is 19.3 Å². The van der Waals surface area contributed by atoms with Crippen LogP contribution in [0.4, 0.5) is 0 Å². The lowest BCUT2D eigenvalue weighted by molar-refractivity contribution is -0.121. The van der Waals surface area contributed by atoms with E-state index in [1.807, 2.05) is 24.3 Å². The van der Waals surface area contributed by atoms with Crippen molar-refractivity contribution in [2.75, 3.05) is 26.2 Å². The SMILES string of the molecule is Cl.O=C(CCC1CCNC1)NCCOc1cccc(Br)c1. The van der Waals surface area contributed by atoms with Crippen molar-refractivity contribution in [1.29, 1.82) is 0 Å². The fraction of sp³-hybridized carbons (Fsp3) is 0.533. The zero-order valence-corrected chi connectivity index (χ0v) is 14.3. The van der Waals surface area contributed by atoms with Gasteiger partial charge < -0.3 is 15.4 Å². The van der Waals surface area contributed by atoms with E-state index < -0.39 is 0 Å². The molecule has 1 fully saturated rings. The Labute approximate surface area is 140 Å². The maximum Gasteiger partial charge on any atom is 0.220 e. The summed E-state index contributed by atoms with van der Waals surface area (Å²) < 4.78 is 6.55. The predicted molar refractivity (Wildman–Crippen MR) is 90.1 cm³/mol. The number of amides is 1. The van der Waals surface area contributed by atoms with Crippen LogP contribution in [0.15, 0.2) is 28.7 Å². The number of rotatable bonds is 7. The van der Waals surface area contributed by atoms with Gasteiger partial charge in [0.2, 0.25) is 5.91 Å². The molecule has 1 saturated heterocycles. The van der Waals surface area contributed by atoms with Crippen molar-refractivity contribution >= 4 is 34.2 Å². The lowest BCUT2D eigenvalue weighted by Crippen LogP contribution is -2.28. The van der Waals surface area contributed by atoms with Crippen molar-refractivity contribution < 1.29 is 9.53 Å². The first kappa shape index (κ1) is 18.3. The van der Waals surface area contributed by atoms with E-state index in [1.165, 1.54) is 6.42 Å². The molecule has 0 saturated carbocycles. The lowest BCUT2D eigenvalue weighted by atomic mass is 10.0. The van der Waals surface area contributed by atoms with E-state index in [0.29, 0.717) is 25.5 Å². The van der Waals surface area contributed by atoms with Crippen LogP contribution in [0.3, 0.4) is 0 Å². The molecule has 1 aromatic rings. The lowest BCUT2D eigenvalue weighted by Gasteiger charge is -2.10. The third-order valence-electron chi connectivity index (χ3n) is 3.43. The number of nitrogens with one attached hydrogen (secondary N) is 2. The van der Waals surface area contributed by atoms with Gasteiger partial charge in [0.05, 0.1) is 6.54 Å². The highest BCUT2D eigenvalue weighted by molar-refractivity contribution is 9.10. The summed E-state index contributed by atoms with van der Waals surface area (Å²) in [7, 11) is 0. The van der Waals surface area contributed by atoms with Crippen molar-refractivity contribution in [1.82, 2.24) is 10.6 Å². The van der Waals surface area contributed by atoms with E-state index in [9.17, 15) is 4.79 Å². The molecule has 1 unspecified atom stereocenters. The van der Waals surface area contributed by atoms with Gasteiger partial charge in [-0.25, -0.2) is 0 Å². The van der Waals surface area contributed by atoms with Crippen LogP contribution in [0.1, 0.15) is 19.3 Å². The minimum absolute atomic E-state index is 0. The normalized spacial score (nSPS) is 17.1. The second-order valence-corrected chi connectivity index (χ2v) is 5.97. The highest BCUT2D eigenvalue weighted by Gasteiger charge is 2.15. The number of ether oxygens (including phenoxy) is 1. The number of benzene rings is 1. The molecule has 6 heteroatoms. The largest absolute Gasteiger partial charge is 0.492 e. The summed E-state index contributed by atoms with van der Waals surface area (Å²) in [6.07, 6.45) is 2.79. The first-order valence-electron chi connectivity index (χ1n) is 7.10. The van der Waals surface area contributed by atoms with Crippen LogP contribution in [-0.4, -0.2) is 32.1 Å². The second-order valence-electron chi connectivity index (χ2n) is 5.05. The Morgan fingerprint density at radius 1 is 1.48 bits per heavy atom. The van der Waals surface area contributed by atoms with E-state index in [-0.39, 0.29) is 18.3 Å². The van der Waals surface area contributed by atoms with Gasteiger partial charge in [-0.2, -0.15) is 0 Å². The molecule has 0 aliphatic carbocycles. The molecular weight excluding hydrogens is 356 g/mol. The van der Waals surface area contributed by atoms with Gasteiger partial charge in [-0.05, 0) is 50.0 Å². The molecule has 1 aromatic carbocycles. The van der Waals surface area contributed by atoms with Gasteiger partial charge >= 0.3 is 0 Å². The predicted octanol–water partition coefficient (Wildman–Crippen LogP) is 2.76. The number of carbonyl (C=O) groups is 1. The zero-order valence-electron chi connectivity index (χ0n) is 11.9. The second kappa shape index (κ2) is 10.0. The van der Waals surface area contributed by atoms with Crippen LogP contribution < -0.4 is 15.4 Å². The Morgan fingerprint density at radius 3 is 3.05 bits per heavy atom. The Hall–Kier alpha value is -0.780. The Balaban J connectivity index is 0.00000220. The summed E-state index contributed by atoms with van der Waals surface area (Å²) in [6, 6.07) is 7.69.